The number of aliphatic hydroxyl groups is 1. The molecule has 0 aliphatic rings. The largest absolute Gasteiger partial charge is 0.381 e. The first-order chi connectivity index (χ1) is 8.43. The van der Waals surface area contributed by atoms with Crippen LogP contribution in [0.1, 0.15) is 18.1 Å². The van der Waals surface area contributed by atoms with Crippen LogP contribution >= 0.6 is 15.9 Å². The van der Waals surface area contributed by atoms with Crippen LogP contribution in [-0.2, 0) is 5.60 Å². The van der Waals surface area contributed by atoms with E-state index < -0.39 is 17.2 Å². The first kappa shape index (κ1) is 13.2. The van der Waals surface area contributed by atoms with E-state index in [2.05, 4.69) is 15.9 Å². The van der Waals surface area contributed by atoms with Crippen LogP contribution in [0.4, 0.5) is 8.78 Å². The van der Waals surface area contributed by atoms with Gasteiger partial charge in [-0.3, -0.25) is 0 Å². The summed E-state index contributed by atoms with van der Waals surface area (Å²) in [6.07, 6.45) is 0. The van der Waals surface area contributed by atoms with Crippen molar-refractivity contribution in [3.63, 3.8) is 0 Å². The van der Waals surface area contributed by atoms with Gasteiger partial charge < -0.3 is 5.11 Å². The minimum absolute atomic E-state index is 0.0828. The topological polar surface area (TPSA) is 20.2 Å². The van der Waals surface area contributed by atoms with Crippen molar-refractivity contribution >= 4 is 15.9 Å². The van der Waals surface area contributed by atoms with Gasteiger partial charge in [-0.2, -0.15) is 0 Å². The van der Waals surface area contributed by atoms with Crippen LogP contribution in [0.2, 0.25) is 0 Å². The van der Waals surface area contributed by atoms with Crippen molar-refractivity contribution < 1.29 is 13.9 Å². The minimum Gasteiger partial charge on any atom is -0.381 e. The zero-order valence-corrected chi connectivity index (χ0v) is 11.2. The Labute approximate surface area is 112 Å². The van der Waals surface area contributed by atoms with Gasteiger partial charge in [0.15, 0.2) is 11.6 Å². The summed E-state index contributed by atoms with van der Waals surface area (Å²) >= 11 is 3.28. The Balaban J connectivity index is 2.57. The molecule has 0 fully saturated rings. The lowest BCUT2D eigenvalue weighted by atomic mass is 9.88. The van der Waals surface area contributed by atoms with Crippen LogP contribution in [-0.4, -0.2) is 5.11 Å². The van der Waals surface area contributed by atoms with E-state index in [4.69, 9.17) is 0 Å². The molecular formula is C14H11BrF2O. The molecule has 1 nitrogen and oxygen atoms in total. The number of rotatable bonds is 2. The standard InChI is InChI=1S/C14H11BrF2O/c1-14(18,9-4-2-5-10(15)8-9)11-6-3-7-12(16)13(11)17/h2-8,18H,1H3. The number of benzene rings is 2. The van der Waals surface area contributed by atoms with E-state index in [-0.39, 0.29) is 5.56 Å². The Hall–Kier alpha value is -1.26. The van der Waals surface area contributed by atoms with Crippen molar-refractivity contribution in [2.75, 3.05) is 0 Å². The molecule has 94 valence electrons. The van der Waals surface area contributed by atoms with E-state index in [1.165, 1.54) is 19.1 Å². The summed E-state index contributed by atoms with van der Waals surface area (Å²) in [6, 6.07) is 10.6. The van der Waals surface area contributed by atoms with Crippen LogP contribution < -0.4 is 0 Å². The zero-order chi connectivity index (χ0) is 13.3. The molecule has 2 rings (SSSR count). The lowest BCUT2D eigenvalue weighted by molar-refractivity contribution is 0.0969. The van der Waals surface area contributed by atoms with Crippen LogP contribution in [0.25, 0.3) is 0 Å². The number of hydrogen-bond acceptors (Lipinski definition) is 1. The second-order valence-electron chi connectivity index (χ2n) is 4.18. The molecule has 1 unspecified atom stereocenters. The fourth-order valence-electron chi connectivity index (χ4n) is 1.83. The van der Waals surface area contributed by atoms with Gasteiger partial charge in [0.05, 0.1) is 0 Å². The molecule has 1 N–H and O–H groups in total. The van der Waals surface area contributed by atoms with Crippen molar-refractivity contribution in [1.82, 2.24) is 0 Å². The monoisotopic (exact) mass is 312 g/mol. The fraction of sp³-hybridized carbons (Fsp3) is 0.143. The fourth-order valence-corrected chi connectivity index (χ4v) is 2.23. The van der Waals surface area contributed by atoms with Crippen molar-refractivity contribution in [2.45, 2.75) is 12.5 Å². The molecule has 0 amide bonds. The van der Waals surface area contributed by atoms with Crippen molar-refractivity contribution in [2.24, 2.45) is 0 Å². The molecule has 18 heavy (non-hydrogen) atoms. The number of hydrogen-bond donors (Lipinski definition) is 1. The lowest BCUT2D eigenvalue weighted by Gasteiger charge is -2.25. The van der Waals surface area contributed by atoms with Crippen molar-refractivity contribution in [1.29, 1.82) is 0 Å². The average Bonchev–Trinajstić information content (AvgIpc) is 2.32. The van der Waals surface area contributed by atoms with Gasteiger partial charge in [-0.05, 0) is 30.7 Å². The molecule has 1 atom stereocenters. The van der Waals surface area contributed by atoms with E-state index in [1.807, 2.05) is 0 Å². The molecule has 0 radical (unpaired) electrons. The number of halogens is 3. The normalized spacial score (nSPS) is 14.3. The third-order valence-electron chi connectivity index (χ3n) is 2.86. The minimum atomic E-state index is -1.59. The van der Waals surface area contributed by atoms with Gasteiger partial charge in [-0.1, -0.05) is 40.2 Å². The Morgan fingerprint density at radius 2 is 1.78 bits per heavy atom. The van der Waals surface area contributed by atoms with Gasteiger partial charge in [0.1, 0.15) is 5.60 Å². The highest BCUT2D eigenvalue weighted by Crippen LogP contribution is 2.32. The summed E-state index contributed by atoms with van der Waals surface area (Å²) < 4.78 is 27.7. The van der Waals surface area contributed by atoms with E-state index in [0.29, 0.717) is 5.56 Å². The lowest BCUT2D eigenvalue weighted by Crippen LogP contribution is -2.24. The highest BCUT2D eigenvalue weighted by molar-refractivity contribution is 9.10. The molecule has 0 bridgehead atoms. The molecule has 0 aromatic heterocycles. The second kappa shape index (κ2) is 4.78. The molecule has 0 aliphatic heterocycles. The van der Waals surface area contributed by atoms with Crippen LogP contribution in [0.3, 0.4) is 0 Å². The average molecular weight is 313 g/mol. The first-order valence-electron chi connectivity index (χ1n) is 5.36. The highest BCUT2D eigenvalue weighted by atomic mass is 79.9. The summed E-state index contributed by atoms with van der Waals surface area (Å²) in [4.78, 5) is 0. The Bertz CT molecular complexity index is 582. The summed E-state index contributed by atoms with van der Waals surface area (Å²) in [7, 11) is 0. The van der Waals surface area contributed by atoms with E-state index in [9.17, 15) is 13.9 Å². The van der Waals surface area contributed by atoms with E-state index >= 15 is 0 Å². The zero-order valence-electron chi connectivity index (χ0n) is 9.62. The Kier molecular flexibility index (Phi) is 3.50. The molecule has 0 heterocycles. The third-order valence-corrected chi connectivity index (χ3v) is 3.36. The Morgan fingerprint density at radius 1 is 1.11 bits per heavy atom. The molecule has 0 saturated heterocycles. The maximum Gasteiger partial charge on any atom is 0.165 e. The van der Waals surface area contributed by atoms with Crippen molar-refractivity contribution in [3.05, 3.63) is 69.7 Å². The van der Waals surface area contributed by atoms with E-state index in [1.54, 1.807) is 24.3 Å². The van der Waals surface area contributed by atoms with Crippen molar-refractivity contribution in [3.8, 4) is 0 Å². The maximum absolute atomic E-state index is 13.7. The predicted octanol–water partition coefficient (Wildman–Crippen LogP) is 3.98. The summed E-state index contributed by atoms with van der Waals surface area (Å²) in [6.45, 7) is 1.44. The SMILES string of the molecule is CC(O)(c1cccc(Br)c1)c1cccc(F)c1F. The molecule has 0 aliphatic carbocycles. The van der Waals surface area contributed by atoms with Crippen LogP contribution in [0.15, 0.2) is 46.9 Å². The summed E-state index contributed by atoms with van der Waals surface area (Å²) in [5.74, 6) is -2.00. The van der Waals surface area contributed by atoms with Gasteiger partial charge in [0.2, 0.25) is 0 Å². The molecule has 0 spiro atoms. The van der Waals surface area contributed by atoms with Gasteiger partial charge >= 0.3 is 0 Å². The molecule has 2 aromatic rings. The highest BCUT2D eigenvalue weighted by Gasteiger charge is 2.30. The summed E-state index contributed by atoms with van der Waals surface area (Å²) in [5.41, 5.74) is -1.18. The molecule has 2 aromatic carbocycles. The predicted molar refractivity (Wildman–Crippen MR) is 69.2 cm³/mol. The Morgan fingerprint density at radius 3 is 2.44 bits per heavy atom. The van der Waals surface area contributed by atoms with Crippen LogP contribution in [0, 0.1) is 11.6 Å². The third kappa shape index (κ3) is 2.31. The van der Waals surface area contributed by atoms with Gasteiger partial charge in [-0.15, -0.1) is 0 Å². The first-order valence-corrected chi connectivity index (χ1v) is 6.15. The maximum atomic E-state index is 13.7. The smallest absolute Gasteiger partial charge is 0.165 e. The van der Waals surface area contributed by atoms with Gasteiger partial charge in [0.25, 0.3) is 0 Å². The molecule has 0 saturated carbocycles. The van der Waals surface area contributed by atoms with Gasteiger partial charge in [-0.25, -0.2) is 8.78 Å². The van der Waals surface area contributed by atoms with E-state index in [0.717, 1.165) is 10.5 Å². The molecule has 4 heteroatoms. The summed E-state index contributed by atoms with van der Waals surface area (Å²) in [5, 5.41) is 10.5. The van der Waals surface area contributed by atoms with Gasteiger partial charge in [0, 0.05) is 10.0 Å². The molecular weight excluding hydrogens is 302 g/mol. The van der Waals surface area contributed by atoms with Crippen LogP contribution in [0.5, 0.6) is 0 Å². The quantitative estimate of drug-likeness (QED) is 0.889. The second-order valence-corrected chi connectivity index (χ2v) is 5.10.